The minimum absolute atomic E-state index is 0.166. The molecule has 0 amide bonds. The number of aromatic amines is 1. The summed E-state index contributed by atoms with van der Waals surface area (Å²) in [6.07, 6.45) is 0.694. The number of aryl methyl sites for hydroxylation is 1. The summed E-state index contributed by atoms with van der Waals surface area (Å²) in [4.78, 5) is 17.9. The van der Waals surface area contributed by atoms with E-state index in [0.717, 1.165) is 13.1 Å². The van der Waals surface area contributed by atoms with E-state index in [0.29, 0.717) is 24.7 Å². The van der Waals surface area contributed by atoms with Gasteiger partial charge in [-0.05, 0) is 6.54 Å². The Balaban J connectivity index is 2.53. The number of hydrogen-bond acceptors (Lipinski definition) is 4. The molecule has 0 spiro atoms. The number of aromatic nitrogens is 2. The molecule has 1 aromatic rings. The van der Waals surface area contributed by atoms with Crippen LogP contribution in [0.4, 0.5) is 0 Å². The molecule has 0 aliphatic heterocycles. The first-order valence-electron chi connectivity index (χ1n) is 5.20. The lowest BCUT2D eigenvalue weighted by molar-refractivity contribution is 0.301. The van der Waals surface area contributed by atoms with E-state index in [1.807, 2.05) is 13.8 Å². The summed E-state index contributed by atoms with van der Waals surface area (Å²) in [7, 11) is 0. The van der Waals surface area contributed by atoms with Crippen LogP contribution < -0.4 is 15.6 Å². The van der Waals surface area contributed by atoms with E-state index >= 15 is 0 Å². The highest BCUT2D eigenvalue weighted by atomic mass is 16.5. The van der Waals surface area contributed by atoms with Crippen LogP contribution in [-0.4, -0.2) is 29.7 Å². The van der Waals surface area contributed by atoms with E-state index in [4.69, 9.17) is 4.74 Å². The molecular formula is C10H17N3O2. The van der Waals surface area contributed by atoms with E-state index in [2.05, 4.69) is 15.3 Å². The molecule has 1 heterocycles. The van der Waals surface area contributed by atoms with Gasteiger partial charge in [-0.1, -0.05) is 13.8 Å². The molecule has 1 rings (SSSR count). The summed E-state index contributed by atoms with van der Waals surface area (Å²) in [6, 6.07) is 1.37. The minimum atomic E-state index is -0.166. The molecule has 0 aromatic carbocycles. The van der Waals surface area contributed by atoms with Crippen molar-refractivity contribution in [1.82, 2.24) is 15.3 Å². The summed E-state index contributed by atoms with van der Waals surface area (Å²) >= 11 is 0. The zero-order valence-corrected chi connectivity index (χ0v) is 9.17. The molecule has 1 aromatic heterocycles. The molecule has 0 unspecified atom stereocenters. The van der Waals surface area contributed by atoms with Gasteiger partial charge < -0.3 is 15.0 Å². The van der Waals surface area contributed by atoms with E-state index < -0.39 is 0 Å². The van der Waals surface area contributed by atoms with Gasteiger partial charge in [0.25, 0.3) is 5.56 Å². The lowest BCUT2D eigenvalue weighted by Gasteiger charge is -2.05. The van der Waals surface area contributed by atoms with Crippen molar-refractivity contribution in [2.75, 3.05) is 19.7 Å². The van der Waals surface area contributed by atoms with Gasteiger partial charge >= 0.3 is 0 Å². The van der Waals surface area contributed by atoms with Crippen molar-refractivity contribution in [2.24, 2.45) is 0 Å². The van der Waals surface area contributed by atoms with Gasteiger partial charge in [0, 0.05) is 13.0 Å². The van der Waals surface area contributed by atoms with Gasteiger partial charge in [0.15, 0.2) is 0 Å². The predicted octanol–water partition coefficient (Wildman–Crippen LogP) is 0.321. The second-order valence-electron chi connectivity index (χ2n) is 3.09. The van der Waals surface area contributed by atoms with Crippen LogP contribution in [0.25, 0.3) is 0 Å². The molecule has 5 heteroatoms. The number of nitrogens with zero attached hydrogens (tertiary/aromatic N) is 1. The topological polar surface area (TPSA) is 67.0 Å². The molecule has 0 saturated carbocycles. The third-order valence-electron chi connectivity index (χ3n) is 1.88. The number of ether oxygens (including phenoxy) is 1. The molecule has 0 bridgehead atoms. The summed E-state index contributed by atoms with van der Waals surface area (Å²) in [5.41, 5.74) is -0.166. The van der Waals surface area contributed by atoms with E-state index in [-0.39, 0.29) is 5.56 Å². The van der Waals surface area contributed by atoms with Crippen molar-refractivity contribution >= 4 is 0 Å². The largest absolute Gasteiger partial charge is 0.476 e. The van der Waals surface area contributed by atoms with Crippen LogP contribution in [0.2, 0.25) is 0 Å². The Morgan fingerprint density at radius 3 is 3.00 bits per heavy atom. The molecule has 15 heavy (non-hydrogen) atoms. The van der Waals surface area contributed by atoms with Crippen molar-refractivity contribution in [3.63, 3.8) is 0 Å². The highest BCUT2D eigenvalue weighted by Gasteiger charge is 1.99. The van der Waals surface area contributed by atoms with E-state index in [1.165, 1.54) is 6.07 Å². The van der Waals surface area contributed by atoms with Crippen LogP contribution in [0.15, 0.2) is 10.9 Å². The third-order valence-corrected chi connectivity index (χ3v) is 1.88. The fourth-order valence-electron chi connectivity index (χ4n) is 1.13. The maximum atomic E-state index is 11.2. The number of H-pyrrole nitrogens is 1. The van der Waals surface area contributed by atoms with Crippen LogP contribution in [0.1, 0.15) is 19.7 Å². The number of rotatable bonds is 6. The zero-order valence-electron chi connectivity index (χ0n) is 9.17. The zero-order chi connectivity index (χ0) is 11.1. The molecule has 0 fully saturated rings. The van der Waals surface area contributed by atoms with Crippen LogP contribution in [0.3, 0.4) is 0 Å². The number of likely N-dealkylation sites (N-methyl/N-ethyl adjacent to an activating group) is 1. The van der Waals surface area contributed by atoms with Crippen LogP contribution in [-0.2, 0) is 6.42 Å². The summed E-state index contributed by atoms with van der Waals surface area (Å²) in [6.45, 7) is 6.15. The molecule has 84 valence electrons. The van der Waals surface area contributed by atoms with Crippen molar-refractivity contribution in [1.29, 1.82) is 0 Å². The lowest BCUT2D eigenvalue weighted by Crippen LogP contribution is -2.21. The third kappa shape index (κ3) is 4.12. The van der Waals surface area contributed by atoms with Gasteiger partial charge in [0.2, 0.25) is 5.88 Å². The van der Waals surface area contributed by atoms with E-state index in [9.17, 15) is 4.79 Å². The minimum Gasteiger partial charge on any atom is -0.476 e. The fraction of sp³-hybridized carbons (Fsp3) is 0.600. The van der Waals surface area contributed by atoms with Gasteiger partial charge in [-0.3, -0.25) is 4.79 Å². The first-order valence-corrected chi connectivity index (χ1v) is 5.20. The summed E-state index contributed by atoms with van der Waals surface area (Å²) in [5.74, 6) is 1.05. The maximum absolute atomic E-state index is 11.2. The average molecular weight is 211 g/mol. The number of hydrogen-bond donors (Lipinski definition) is 2. The Labute approximate surface area is 88.9 Å². The first kappa shape index (κ1) is 11.7. The summed E-state index contributed by atoms with van der Waals surface area (Å²) < 4.78 is 5.34. The quantitative estimate of drug-likeness (QED) is 0.665. The lowest BCUT2D eigenvalue weighted by atomic mass is 10.4. The molecule has 0 aliphatic rings. The predicted molar refractivity (Wildman–Crippen MR) is 58.3 cm³/mol. The second kappa shape index (κ2) is 6.19. The normalized spacial score (nSPS) is 10.3. The molecule has 0 saturated heterocycles. The first-order chi connectivity index (χ1) is 7.26. The van der Waals surface area contributed by atoms with Crippen molar-refractivity contribution in [3.8, 4) is 5.88 Å². The smallest absolute Gasteiger partial charge is 0.254 e. The number of nitrogens with one attached hydrogen (secondary N) is 2. The Kier molecular flexibility index (Phi) is 4.83. The van der Waals surface area contributed by atoms with Crippen LogP contribution in [0.5, 0.6) is 5.88 Å². The molecular weight excluding hydrogens is 194 g/mol. The highest BCUT2D eigenvalue weighted by Crippen LogP contribution is 2.01. The standard InChI is InChI=1S/C10H17N3O2/c1-3-8-12-9(14)7-10(13-8)15-6-5-11-4-2/h7,11H,3-6H2,1-2H3,(H,12,13,14). The van der Waals surface area contributed by atoms with Crippen molar-refractivity contribution in [3.05, 3.63) is 22.2 Å². The van der Waals surface area contributed by atoms with Gasteiger partial charge in [0.1, 0.15) is 12.4 Å². The van der Waals surface area contributed by atoms with Gasteiger partial charge in [-0.2, -0.15) is 0 Å². The SMILES string of the molecule is CCNCCOc1cc(=O)[nH]c(CC)n1. The Bertz CT molecular complexity index is 349. The monoisotopic (exact) mass is 211 g/mol. The average Bonchev–Trinajstić information content (AvgIpc) is 2.23. The van der Waals surface area contributed by atoms with Gasteiger partial charge in [0.05, 0.1) is 6.07 Å². The molecule has 0 aliphatic carbocycles. The molecule has 0 radical (unpaired) electrons. The van der Waals surface area contributed by atoms with E-state index in [1.54, 1.807) is 0 Å². The molecule has 5 nitrogen and oxygen atoms in total. The van der Waals surface area contributed by atoms with Crippen molar-refractivity contribution in [2.45, 2.75) is 20.3 Å². The van der Waals surface area contributed by atoms with Crippen LogP contribution >= 0.6 is 0 Å². The Hall–Kier alpha value is -1.36. The Morgan fingerprint density at radius 1 is 1.53 bits per heavy atom. The van der Waals surface area contributed by atoms with Gasteiger partial charge in [-0.15, -0.1) is 0 Å². The second-order valence-corrected chi connectivity index (χ2v) is 3.09. The van der Waals surface area contributed by atoms with Gasteiger partial charge in [-0.25, -0.2) is 4.98 Å². The molecule has 0 atom stereocenters. The highest BCUT2D eigenvalue weighted by molar-refractivity contribution is 5.08. The van der Waals surface area contributed by atoms with Crippen molar-refractivity contribution < 1.29 is 4.74 Å². The molecule has 2 N–H and O–H groups in total. The fourth-order valence-corrected chi connectivity index (χ4v) is 1.13. The van der Waals surface area contributed by atoms with Crippen LogP contribution in [0, 0.1) is 0 Å². The Morgan fingerprint density at radius 2 is 2.33 bits per heavy atom. The summed E-state index contributed by atoms with van der Waals surface area (Å²) in [5, 5.41) is 3.12. The maximum Gasteiger partial charge on any atom is 0.254 e.